The molecule has 0 radical (unpaired) electrons. The molecule has 0 unspecified atom stereocenters. The van der Waals surface area contributed by atoms with Gasteiger partial charge in [-0.3, -0.25) is 9.59 Å². The molecule has 0 spiro atoms. The first-order valence-electron chi connectivity index (χ1n) is 7.18. The highest BCUT2D eigenvalue weighted by Gasteiger charge is 2.10. The minimum Gasteiger partial charge on any atom is -0.333 e. The Labute approximate surface area is 144 Å². The molecular weight excluding hydrogens is 331 g/mol. The van der Waals surface area contributed by atoms with Crippen LogP contribution in [0.5, 0.6) is 0 Å². The van der Waals surface area contributed by atoms with Gasteiger partial charge in [0.2, 0.25) is 11.8 Å². The molecule has 0 aliphatic rings. The lowest BCUT2D eigenvalue weighted by molar-refractivity contribution is -0.129. The highest BCUT2D eigenvalue weighted by Crippen LogP contribution is 2.13. The van der Waals surface area contributed by atoms with E-state index in [9.17, 15) is 14.0 Å². The first kappa shape index (κ1) is 17.7. The van der Waals surface area contributed by atoms with E-state index in [1.165, 1.54) is 30.2 Å². The van der Waals surface area contributed by atoms with Gasteiger partial charge in [0.05, 0.1) is 6.54 Å². The molecule has 0 atom stereocenters. The van der Waals surface area contributed by atoms with Crippen molar-refractivity contribution in [1.29, 1.82) is 0 Å². The maximum Gasteiger partial charge on any atom is 0.246 e. The first-order valence-corrected chi connectivity index (χ1v) is 7.56. The van der Waals surface area contributed by atoms with E-state index < -0.39 is 0 Å². The van der Waals surface area contributed by atoms with Gasteiger partial charge in [-0.2, -0.15) is 0 Å². The van der Waals surface area contributed by atoms with Gasteiger partial charge in [0, 0.05) is 23.8 Å². The fraction of sp³-hybridized carbons (Fsp3) is 0.111. The lowest BCUT2D eigenvalue weighted by Gasteiger charge is -2.14. The zero-order valence-electron chi connectivity index (χ0n) is 13.0. The SMILES string of the molecule is CN(CC(=O)Nc1ccc(Cl)cc1)C(=O)/C=C/c1ccc(F)cc1. The average molecular weight is 347 g/mol. The van der Waals surface area contributed by atoms with Gasteiger partial charge in [-0.25, -0.2) is 4.39 Å². The van der Waals surface area contributed by atoms with Crippen molar-refractivity contribution in [3.8, 4) is 0 Å². The number of likely N-dealkylation sites (N-methyl/N-ethyl adjacent to an activating group) is 1. The van der Waals surface area contributed by atoms with Crippen LogP contribution in [-0.2, 0) is 9.59 Å². The number of halogens is 2. The summed E-state index contributed by atoms with van der Waals surface area (Å²) in [6.07, 6.45) is 2.90. The molecule has 24 heavy (non-hydrogen) atoms. The Balaban J connectivity index is 1.87. The van der Waals surface area contributed by atoms with E-state index >= 15 is 0 Å². The minimum absolute atomic E-state index is 0.0881. The molecule has 6 heteroatoms. The molecule has 2 amide bonds. The van der Waals surface area contributed by atoms with Crippen molar-refractivity contribution in [2.24, 2.45) is 0 Å². The number of amides is 2. The molecule has 2 rings (SSSR count). The summed E-state index contributed by atoms with van der Waals surface area (Å²) in [4.78, 5) is 25.2. The standard InChI is InChI=1S/C18H16ClFN2O2/c1-22(12-17(23)21-16-9-5-14(19)6-10-16)18(24)11-4-13-2-7-15(20)8-3-13/h2-11H,12H2,1H3,(H,21,23)/b11-4+. The third-order valence-electron chi connectivity index (χ3n) is 3.17. The number of hydrogen-bond acceptors (Lipinski definition) is 2. The summed E-state index contributed by atoms with van der Waals surface area (Å²) in [6, 6.07) is 12.4. The number of nitrogens with zero attached hydrogens (tertiary/aromatic N) is 1. The van der Waals surface area contributed by atoms with Crippen LogP contribution in [0.25, 0.3) is 6.08 Å². The smallest absolute Gasteiger partial charge is 0.246 e. The van der Waals surface area contributed by atoms with Crippen LogP contribution in [0, 0.1) is 5.82 Å². The van der Waals surface area contributed by atoms with E-state index in [2.05, 4.69) is 5.32 Å². The van der Waals surface area contributed by atoms with Crippen molar-refractivity contribution in [1.82, 2.24) is 4.90 Å². The number of carbonyl (C=O) groups is 2. The molecule has 124 valence electrons. The summed E-state index contributed by atoms with van der Waals surface area (Å²) in [5.41, 5.74) is 1.30. The summed E-state index contributed by atoms with van der Waals surface area (Å²) < 4.78 is 12.8. The van der Waals surface area contributed by atoms with Crippen LogP contribution in [0.15, 0.2) is 54.6 Å². The lowest BCUT2D eigenvalue weighted by Crippen LogP contribution is -2.33. The van der Waals surface area contributed by atoms with E-state index in [1.807, 2.05) is 0 Å². The van der Waals surface area contributed by atoms with Gasteiger partial charge in [-0.15, -0.1) is 0 Å². The first-order chi connectivity index (χ1) is 11.4. The van der Waals surface area contributed by atoms with E-state index in [4.69, 9.17) is 11.6 Å². The highest BCUT2D eigenvalue weighted by atomic mass is 35.5. The summed E-state index contributed by atoms with van der Waals surface area (Å²) in [5.74, 6) is -0.983. The van der Waals surface area contributed by atoms with Crippen LogP contribution in [0.2, 0.25) is 5.02 Å². The number of anilines is 1. The molecular formula is C18H16ClFN2O2. The predicted molar refractivity (Wildman–Crippen MR) is 93.2 cm³/mol. The Bertz CT molecular complexity index is 743. The average Bonchev–Trinajstić information content (AvgIpc) is 2.56. The number of nitrogens with one attached hydrogen (secondary N) is 1. The molecule has 2 aromatic carbocycles. The third-order valence-corrected chi connectivity index (χ3v) is 3.43. The van der Waals surface area contributed by atoms with Crippen molar-refractivity contribution in [2.45, 2.75) is 0 Å². The van der Waals surface area contributed by atoms with Crippen molar-refractivity contribution >= 4 is 35.2 Å². The molecule has 0 saturated heterocycles. The number of carbonyl (C=O) groups excluding carboxylic acids is 2. The Kier molecular flexibility index (Phi) is 6.09. The maximum absolute atomic E-state index is 12.8. The van der Waals surface area contributed by atoms with Crippen molar-refractivity contribution in [3.05, 3.63) is 71.0 Å². The molecule has 0 bridgehead atoms. The Hall–Kier alpha value is -2.66. The maximum atomic E-state index is 12.8. The van der Waals surface area contributed by atoms with Crippen molar-refractivity contribution < 1.29 is 14.0 Å². The van der Waals surface area contributed by atoms with Gasteiger partial charge in [0.15, 0.2) is 0 Å². The van der Waals surface area contributed by atoms with Gasteiger partial charge < -0.3 is 10.2 Å². The summed E-state index contributed by atoms with van der Waals surface area (Å²) in [7, 11) is 1.53. The molecule has 0 fully saturated rings. The normalized spacial score (nSPS) is 10.6. The van der Waals surface area contributed by atoms with Crippen LogP contribution in [0.3, 0.4) is 0 Å². The largest absolute Gasteiger partial charge is 0.333 e. The van der Waals surface area contributed by atoms with E-state index in [1.54, 1.807) is 42.5 Å². The van der Waals surface area contributed by atoms with Crippen LogP contribution in [0.1, 0.15) is 5.56 Å². The summed E-state index contributed by atoms with van der Waals surface area (Å²) in [6.45, 7) is -0.0881. The summed E-state index contributed by atoms with van der Waals surface area (Å²) in [5, 5.41) is 3.25. The number of rotatable bonds is 5. The minimum atomic E-state index is -0.338. The number of hydrogen-bond donors (Lipinski definition) is 1. The van der Waals surface area contributed by atoms with Gasteiger partial charge in [0.25, 0.3) is 0 Å². The van der Waals surface area contributed by atoms with Gasteiger partial charge in [-0.05, 0) is 48.0 Å². The number of benzene rings is 2. The van der Waals surface area contributed by atoms with Crippen molar-refractivity contribution in [2.75, 3.05) is 18.9 Å². The Morgan fingerprint density at radius 2 is 1.75 bits per heavy atom. The van der Waals surface area contributed by atoms with E-state index in [-0.39, 0.29) is 24.2 Å². The fourth-order valence-electron chi connectivity index (χ4n) is 1.90. The van der Waals surface area contributed by atoms with E-state index in [0.717, 1.165) is 0 Å². The summed E-state index contributed by atoms with van der Waals surface area (Å²) >= 11 is 5.77. The second kappa shape index (κ2) is 8.26. The molecule has 2 aromatic rings. The molecule has 1 N–H and O–H groups in total. The molecule has 0 aliphatic carbocycles. The quantitative estimate of drug-likeness (QED) is 0.841. The topological polar surface area (TPSA) is 49.4 Å². The molecule has 4 nitrogen and oxygen atoms in total. The van der Waals surface area contributed by atoms with Gasteiger partial charge in [0.1, 0.15) is 5.82 Å². The Morgan fingerprint density at radius 3 is 2.38 bits per heavy atom. The van der Waals surface area contributed by atoms with Gasteiger partial charge in [-0.1, -0.05) is 23.7 Å². The second-order valence-electron chi connectivity index (χ2n) is 5.13. The fourth-order valence-corrected chi connectivity index (χ4v) is 2.02. The molecule has 0 aliphatic heterocycles. The van der Waals surface area contributed by atoms with Crippen molar-refractivity contribution in [3.63, 3.8) is 0 Å². The third kappa shape index (κ3) is 5.52. The lowest BCUT2D eigenvalue weighted by atomic mass is 10.2. The zero-order chi connectivity index (χ0) is 17.5. The molecule has 0 heterocycles. The monoisotopic (exact) mass is 346 g/mol. The van der Waals surface area contributed by atoms with Gasteiger partial charge >= 0.3 is 0 Å². The Morgan fingerprint density at radius 1 is 1.12 bits per heavy atom. The van der Waals surface area contributed by atoms with Crippen LogP contribution in [0.4, 0.5) is 10.1 Å². The van der Waals surface area contributed by atoms with Crippen LogP contribution >= 0.6 is 11.6 Å². The van der Waals surface area contributed by atoms with Crippen LogP contribution in [-0.4, -0.2) is 30.3 Å². The zero-order valence-corrected chi connectivity index (χ0v) is 13.8. The van der Waals surface area contributed by atoms with Crippen LogP contribution < -0.4 is 5.32 Å². The second-order valence-corrected chi connectivity index (χ2v) is 5.57. The highest BCUT2D eigenvalue weighted by molar-refractivity contribution is 6.30. The molecule has 0 aromatic heterocycles. The van der Waals surface area contributed by atoms with E-state index in [0.29, 0.717) is 16.3 Å². The predicted octanol–water partition coefficient (Wildman–Crippen LogP) is 3.59. The molecule has 0 saturated carbocycles.